The minimum absolute atomic E-state index is 0.0814. The van der Waals surface area contributed by atoms with Crippen LogP contribution in [-0.2, 0) is 4.79 Å². The van der Waals surface area contributed by atoms with E-state index in [1.807, 2.05) is 24.3 Å². The second kappa shape index (κ2) is 8.28. The smallest absolute Gasteiger partial charge is 0.311 e. The predicted octanol–water partition coefficient (Wildman–Crippen LogP) is 4.43. The van der Waals surface area contributed by atoms with E-state index in [0.29, 0.717) is 11.6 Å². The number of nitrogens with one attached hydrogen (secondary N) is 1. The molecule has 1 amide bonds. The Morgan fingerprint density at radius 3 is 2.52 bits per heavy atom. The lowest BCUT2D eigenvalue weighted by atomic mass is 9.99. The molecule has 0 heterocycles. The van der Waals surface area contributed by atoms with Crippen molar-refractivity contribution < 1.29 is 14.5 Å². The van der Waals surface area contributed by atoms with Gasteiger partial charge in [-0.2, -0.15) is 0 Å². The number of aryl methyl sites for hydroxylation is 1. The molecule has 2 aromatic rings. The van der Waals surface area contributed by atoms with Crippen LogP contribution in [0, 0.1) is 17.0 Å². The molecule has 1 N–H and O–H groups in total. The van der Waals surface area contributed by atoms with E-state index >= 15 is 0 Å². The third-order valence-corrected chi connectivity index (χ3v) is 4.05. The van der Waals surface area contributed by atoms with Crippen molar-refractivity contribution >= 4 is 17.3 Å². The third-order valence-electron chi connectivity index (χ3n) is 4.05. The molecule has 2 rings (SSSR count). The average Bonchev–Trinajstić information content (AvgIpc) is 2.60. The highest BCUT2D eigenvalue weighted by Crippen LogP contribution is 2.27. The summed E-state index contributed by atoms with van der Waals surface area (Å²) >= 11 is 0. The molecule has 25 heavy (non-hydrogen) atoms. The molecular formula is C19H22N2O4. The van der Waals surface area contributed by atoms with Crippen LogP contribution < -0.4 is 10.1 Å². The van der Waals surface area contributed by atoms with Crippen molar-refractivity contribution in [3.63, 3.8) is 0 Å². The number of rotatable bonds is 7. The Morgan fingerprint density at radius 1 is 1.24 bits per heavy atom. The lowest BCUT2D eigenvalue weighted by Gasteiger charge is -2.11. The highest BCUT2D eigenvalue weighted by atomic mass is 16.6. The maximum absolute atomic E-state index is 12.0. The number of carbonyl (C=O) groups is 1. The molecule has 2 aromatic carbocycles. The number of nitro benzene ring substituents is 1. The van der Waals surface area contributed by atoms with Gasteiger partial charge in [-0.1, -0.05) is 32.0 Å². The molecule has 1 atom stereocenters. The van der Waals surface area contributed by atoms with Crippen molar-refractivity contribution in [1.82, 2.24) is 0 Å². The van der Waals surface area contributed by atoms with Gasteiger partial charge in [-0.05, 0) is 48.6 Å². The minimum Gasteiger partial charge on any atom is -0.477 e. The molecule has 132 valence electrons. The van der Waals surface area contributed by atoms with E-state index in [-0.39, 0.29) is 24.0 Å². The molecule has 0 bridgehead atoms. The zero-order valence-electron chi connectivity index (χ0n) is 14.6. The fraction of sp³-hybridized carbons (Fsp3) is 0.316. The molecule has 6 nitrogen and oxygen atoms in total. The van der Waals surface area contributed by atoms with Gasteiger partial charge in [0.1, 0.15) is 0 Å². The summed E-state index contributed by atoms with van der Waals surface area (Å²) in [6, 6.07) is 12.3. The first-order chi connectivity index (χ1) is 11.9. The van der Waals surface area contributed by atoms with Gasteiger partial charge < -0.3 is 10.1 Å². The molecule has 0 radical (unpaired) electrons. The summed E-state index contributed by atoms with van der Waals surface area (Å²) in [6.07, 6.45) is 1.05. The summed E-state index contributed by atoms with van der Waals surface area (Å²) in [6.45, 7) is 5.74. The quantitative estimate of drug-likeness (QED) is 0.596. The number of hydrogen-bond acceptors (Lipinski definition) is 4. The topological polar surface area (TPSA) is 81.5 Å². The molecule has 0 aliphatic carbocycles. The summed E-state index contributed by atoms with van der Waals surface area (Å²) in [5, 5.41) is 13.8. The van der Waals surface area contributed by atoms with Crippen molar-refractivity contribution in [3.8, 4) is 5.75 Å². The van der Waals surface area contributed by atoms with Gasteiger partial charge in [0, 0.05) is 11.8 Å². The second-order valence-electron chi connectivity index (χ2n) is 6.00. The zero-order chi connectivity index (χ0) is 18.4. The fourth-order valence-corrected chi connectivity index (χ4v) is 2.36. The van der Waals surface area contributed by atoms with Gasteiger partial charge in [0.05, 0.1) is 4.92 Å². The van der Waals surface area contributed by atoms with Crippen molar-refractivity contribution in [2.24, 2.45) is 0 Å². The molecule has 6 heteroatoms. The maximum atomic E-state index is 12.0. The molecule has 0 aliphatic heterocycles. The number of anilines is 1. The van der Waals surface area contributed by atoms with Crippen molar-refractivity contribution in [1.29, 1.82) is 0 Å². The van der Waals surface area contributed by atoms with Crippen LogP contribution in [0.25, 0.3) is 0 Å². The summed E-state index contributed by atoms with van der Waals surface area (Å²) < 4.78 is 5.31. The molecule has 0 saturated carbocycles. The Hall–Kier alpha value is -2.89. The molecule has 0 fully saturated rings. The van der Waals surface area contributed by atoms with Gasteiger partial charge >= 0.3 is 5.69 Å². The monoisotopic (exact) mass is 342 g/mol. The second-order valence-corrected chi connectivity index (χ2v) is 6.00. The first-order valence-corrected chi connectivity index (χ1v) is 8.18. The number of benzene rings is 2. The summed E-state index contributed by atoms with van der Waals surface area (Å²) in [7, 11) is 0. The largest absolute Gasteiger partial charge is 0.477 e. The van der Waals surface area contributed by atoms with Gasteiger partial charge in [0.2, 0.25) is 0 Å². The Morgan fingerprint density at radius 2 is 1.92 bits per heavy atom. The lowest BCUT2D eigenvalue weighted by Crippen LogP contribution is -2.20. The third kappa shape index (κ3) is 5.04. The Kier molecular flexibility index (Phi) is 6.11. The van der Waals surface area contributed by atoms with Crippen molar-refractivity contribution in [2.75, 3.05) is 11.9 Å². The molecule has 0 aliphatic rings. The highest BCUT2D eigenvalue weighted by molar-refractivity contribution is 5.91. The average molecular weight is 342 g/mol. The van der Waals surface area contributed by atoms with Gasteiger partial charge in [0.15, 0.2) is 12.4 Å². The molecular weight excluding hydrogens is 320 g/mol. The van der Waals surface area contributed by atoms with E-state index in [0.717, 1.165) is 12.0 Å². The number of nitrogens with zero attached hydrogens (tertiary/aromatic N) is 1. The van der Waals surface area contributed by atoms with E-state index in [2.05, 4.69) is 19.2 Å². The maximum Gasteiger partial charge on any atom is 0.311 e. The SMILES string of the molecule is CC[C@@H](C)c1ccc(NC(=O)COc2ccc(C)cc2[N+](=O)[O-])cc1. The van der Waals surface area contributed by atoms with Gasteiger partial charge in [-0.15, -0.1) is 0 Å². The van der Waals surface area contributed by atoms with Gasteiger partial charge in [-0.3, -0.25) is 14.9 Å². The van der Waals surface area contributed by atoms with Crippen LogP contribution in [0.1, 0.15) is 37.3 Å². The summed E-state index contributed by atoms with van der Waals surface area (Å²) in [4.78, 5) is 22.5. The van der Waals surface area contributed by atoms with Crippen LogP contribution in [0.2, 0.25) is 0 Å². The van der Waals surface area contributed by atoms with Crippen LogP contribution in [-0.4, -0.2) is 17.4 Å². The molecule has 0 saturated heterocycles. The molecule has 0 aromatic heterocycles. The van der Waals surface area contributed by atoms with Crippen LogP contribution in [0.4, 0.5) is 11.4 Å². The zero-order valence-corrected chi connectivity index (χ0v) is 14.6. The van der Waals surface area contributed by atoms with Crippen LogP contribution >= 0.6 is 0 Å². The summed E-state index contributed by atoms with van der Waals surface area (Å²) in [5.74, 6) is 0.180. The molecule has 0 spiro atoms. The van der Waals surface area contributed by atoms with E-state index < -0.39 is 4.92 Å². The lowest BCUT2D eigenvalue weighted by molar-refractivity contribution is -0.385. The Balaban J connectivity index is 1.96. The first kappa shape index (κ1) is 18.4. The number of hydrogen-bond donors (Lipinski definition) is 1. The predicted molar refractivity (Wildman–Crippen MR) is 97.1 cm³/mol. The standard InChI is InChI=1S/C19H22N2O4/c1-4-14(3)15-6-8-16(9-7-15)20-19(22)12-25-18-10-5-13(2)11-17(18)21(23)24/h5-11,14H,4,12H2,1-3H3,(H,20,22)/t14-/m1/s1. The Bertz CT molecular complexity index is 757. The normalized spacial score (nSPS) is 11.6. The number of carbonyl (C=O) groups excluding carboxylic acids is 1. The fourth-order valence-electron chi connectivity index (χ4n) is 2.36. The number of amides is 1. The highest BCUT2D eigenvalue weighted by Gasteiger charge is 2.16. The molecule has 0 unspecified atom stereocenters. The van der Waals surface area contributed by atoms with Crippen LogP contribution in [0.5, 0.6) is 5.75 Å². The summed E-state index contributed by atoms with van der Waals surface area (Å²) in [5.41, 5.74) is 2.49. The van der Waals surface area contributed by atoms with E-state index in [4.69, 9.17) is 4.74 Å². The van der Waals surface area contributed by atoms with Gasteiger partial charge in [-0.25, -0.2) is 0 Å². The van der Waals surface area contributed by atoms with E-state index in [1.165, 1.54) is 17.7 Å². The number of ether oxygens (including phenoxy) is 1. The van der Waals surface area contributed by atoms with Crippen LogP contribution in [0.3, 0.4) is 0 Å². The van der Waals surface area contributed by atoms with Gasteiger partial charge in [0.25, 0.3) is 5.91 Å². The van der Waals surface area contributed by atoms with E-state index in [1.54, 1.807) is 13.0 Å². The van der Waals surface area contributed by atoms with Crippen molar-refractivity contribution in [2.45, 2.75) is 33.1 Å². The number of nitro groups is 1. The van der Waals surface area contributed by atoms with Crippen molar-refractivity contribution in [3.05, 3.63) is 63.7 Å². The van der Waals surface area contributed by atoms with E-state index in [9.17, 15) is 14.9 Å². The Labute approximate surface area is 147 Å². The minimum atomic E-state index is -0.520. The first-order valence-electron chi connectivity index (χ1n) is 8.18. The van der Waals surface area contributed by atoms with Crippen LogP contribution in [0.15, 0.2) is 42.5 Å².